The standard InChI is InChI=1S/C18H20ClNO4S/c1-5-24-18(21)15-10-14(6-7-16(15)19)20-25(22,23)17-12(3)8-11(2)9-13(17)4/h6-10,20H,5H2,1-4H3. The van der Waals surface area contributed by atoms with Crippen molar-refractivity contribution in [2.45, 2.75) is 32.6 Å². The molecule has 0 heterocycles. The van der Waals surface area contributed by atoms with Gasteiger partial charge in [-0.15, -0.1) is 0 Å². The van der Waals surface area contributed by atoms with Crippen LogP contribution in [-0.2, 0) is 14.8 Å². The summed E-state index contributed by atoms with van der Waals surface area (Å²) in [6.07, 6.45) is 0. The molecule has 0 unspecified atom stereocenters. The zero-order valence-corrected chi connectivity index (χ0v) is 16.1. The predicted molar refractivity (Wildman–Crippen MR) is 98.9 cm³/mol. The molecule has 2 rings (SSSR count). The van der Waals surface area contributed by atoms with Crippen molar-refractivity contribution in [1.82, 2.24) is 0 Å². The molecule has 0 atom stereocenters. The molecule has 5 nitrogen and oxygen atoms in total. The quantitative estimate of drug-likeness (QED) is 0.786. The average Bonchev–Trinajstić information content (AvgIpc) is 2.47. The Morgan fingerprint density at radius 2 is 1.72 bits per heavy atom. The van der Waals surface area contributed by atoms with Crippen LogP contribution < -0.4 is 4.72 Å². The highest BCUT2D eigenvalue weighted by Gasteiger charge is 2.21. The van der Waals surface area contributed by atoms with Crippen molar-refractivity contribution < 1.29 is 17.9 Å². The summed E-state index contributed by atoms with van der Waals surface area (Å²) in [7, 11) is -3.80. The Bertz CT molecular complexity index is 900. The van der Waals surface area contributed by atoms with Gasteiger partial charge in [0.25, 0.3) is 10.0 Å². The maximum absolute atomic E-state index is 12.8. The molecule has 1 N–H and O–H groups in total. The molecule has 0 amide bonds. The van der Waals surface area contributed by atoms with Crippen molar-refractivity contribution in [3.8, 4) is 0 Å². The molecule has 0 radical (unpaired) electrons. The number of nitrogens with one attached hydrogen (secondary N) is 1. The first-order valence-electron chi connectivity index (χ1n) is 7.73. The lowest BCUT2D eigenvalue weighted by atomic mass is 10.1. The van der Waals surface area contributed by atoms with Gasteiger partial charge in [-0.2, -0.15) is 0 Å². The van der Waals surface area contributed by atoms with E-state index < -0.39 is 16.0 Å². The highest BCUT2D eigenvalue weighted by atomic mass is 35.5. The number of esters is 1. The Balaban J connectivity index is 2.42. The van der Waals surface area contributed by atoms with Gasteiger partial charge in [-0.1, -0.05) is 29.3 Å². The summed E-state index contributed by atoms with van der Waals surface area (Å²) in [6, 6.07) is 7.96. The predicted octanol–water partition coefficient (Wildman–Crippen LogP) is 4.24. The van der Waals surface area contributed by atoms with Crippen LogP contribution in [0.5, 0.6) is 0 Å². The van der Waals surface area contributed by atoms with E-state index in [2.05, 4.69) is 4.72 Å². The molecule has 7 heteroatoms. The number of benzene rings is 2. The minimum Gasteiger partial charge on any atom is -0.462 e. The van der Waals surface area contributed by atoms with Crippen LogP contribution in [0, 0.1) is 20.8 Å². The maximum Gasteiger partial charge on any atom is 0.339 e. The van der Waals surface area contributed by atoms with E-state index >= 15 is 0 Å². The van der Waals surface area contributed by atoms with E-state index in [4.69, 9.17) is 16.3 Å². The smallest absolute Gasteiger partial charge is 0.339 e. The molecule has 0 bridgehead atoms. The van der Waals surface area contributed by atoms with Crippen LogP contribution in [0.2, 0.25) is 5.02 Å². The number of anilines is 1. The molecule has 2 aromatic rings. The van der Waals surface area contributed by atoms with Gasteiger partial charge in [0, 0.05) is 5.69 Å². The van der Waals surface area contributed by atoms with Crippen molar-refractivity contribution in [1.29, 1.82) is 0 Å². The van der Waals surface area contributed by atoms with Gasteiger partial charge in [-0.05, 0) is 57.0 Å². The van der Waals surface area contributed by atoms with Crippen molar-refractivity contribution in [2.24, 2.45) is 0 Å². The molecule has 0 aliphatic rings. The Hall–Kier alpha value is -2.05. The molecule has 0 fully saturated rings. The fourth-order valence-corrected chi connectivity index (χ4v) is 4.45. The lowest BCUT2D eigenvalue weighted by Gasteiger charge is -2.14. The molecule has 25 heavy (non-hydrogen) atoms. The van der Waals surface area contributed by atoms with Crippen molar-refractivity contribution >= 4 is 33.3 Å². The van der Waals surface area contributed by atoms with Gasteiger partial charge < -0.3 is 4.74 Å². The van der Waals surface area contributed by atoms with Crippen molar-refractivity contribution in [3.63, 3.8) is 0 Å². The summed E-state index contributed by atoms with van der Waals surface area (Å²) in [5.74, 6) is -0.601. The van der Waals surface area contributed by atoms with Gasteiger partial charge in [-0.25, -0.2) is 13.2 Å². The lowest BCUT2D eigenvalue weighted by Crippen LogP contribution is -2.16. The van der Waals surface area contributed by atoms with Crippen LogP contribution in [0.4, 0.5) is 5.69 Å². The fourth-order valence-electron chi connectivity index (χ4n) is 2.75. The third kappa shape index (κ3) is 4.32. The first-order chi connectivity index (χ1) is 11.7. The second-order valence-corrected chi connectivity index (χ2v) is 7.77. The van der Waals surface area contributed by atoms with Crippen LogP contribution in [-0.4, -0.2) is 21.0 Å². The third-order valence-electron chi connectivity index (χ3n) is 3.59. The van der Waals surface area contributed by atoms with Gasteiger partial charge in [-0.3, -0.25) is 4.72 Å². The van der Waals surface area contributed by atoms with Crippen molar-refractivity contribution in [3.05, 3.63) is 57.6 Å². The van der Waals surface area contributed by atoms with Gasteiger partial charge in [0.2, 0.25) is 0 Å². The molecule has 134 valence electrons. The number of hydrogen-bond acceptors (Lipinski definition) is 4. The summed E-state index contributed by atoms with van der Waals surface area (Å²) in [4.78, 5) is 12.1. The van der Waals surface area contributed by atoms with E-state index in [1.54, 1.807) is 20.8 Å². The number of aryl methyl sites for hydroxylation is 3. The minimum absolute atomic E-state index is 0.112. The average molecular weight is 382 g/mol. The number of sulfonamides is 1. The minimum atomic E-state index is -3.80. The van der Waals surface area contributed by atoms with Crippen molar-refractivity contribution in [2.75, 3.05) is 11.3 Å². The molecular weight excluding hydrogens is 362 g/mol. The number of carbonyl (C=O) groups is 1. The molecule has 0 saturated carbocycles. The van der Waals surface area contributed by atoms with Crippen LogP contribution in [0.25, 0.3) is 0 Å². The Kier molecular flexibility index (Phi) is 5.75. The number of carbonyl (C=O) groups excluding carboxylic acids is 1. The van der Waals surface area contributed by atoms with Gasteiger partial charge in [0.15, 0.2) is 0 Å². The van der Waals surface area contributed by atoms with E-state index in [1.807, 2.05) is 19.1 Å². The molecule has 0 saturated heterocycles. The van der Waals surface area contributed by atoms with E-state index in [-0.39, 0.29) is 27.8 Å². The SMILES string of the molecule is CCOC(=O)c1cc(NS(=O)(=O)c2c(C)cc(C)cc2C)ccc1Cl. The second kappa shape index (κ2) is 7.45. The van der Waals surface area contributed by atoms with Crippen LogP contribution in [0.15, 0.2) is 35.2 Å². The number of ether oxygens (including phenoxy) is 1. The molecule has 0 aliphatic carbocycles. The van der Waals surface area contributed by atoms with Gasteiger partial charge >= 0.3 is 5.97 Å². The second-order valence-electron chi connectivity index (χ2n) is 5.75. The zero-order valence-electron chi connectivity index (χ0n) is 14.5. The summed E-state index contributed by atoms with van der Waals surface area (Å²) in [5, 5.41) is 0.198. The van der Waals surface area contributed by atoms with Gasteiger partial charge in [0.1, 0.15) is 0 Å². The summed E-state index contributed by atoms with van der Waals surface area (Å²) in [6.45, 7) is 7.30. The van der Waals surface area contributed by atoms with E-state index in [0.717, 1.165) is 5.56 Å². The molecule has 0 spiro atoms. The lowest BCUT2D eigenvalue weighted by molar-refractivity contribution is 0.0526. The maximum atomic E-state index is 12.8. The topological polar surface area (TPSA) is 72.5 Å². The van der Waals surface area contributed by atoms with Crippen LogP contribution in [0.3, 0.4) is 0 Å². The highest BCUT2D eigenvalue weighted by Crippen LogP contribution is 2.27. The van der Waals surface area contributed by atoms with Crippen LogP contribution in [0.1, 0.15) is 34.0 Å². The number of halogens is 1. The van der Waals surface area contributed by atoms with E-state index in [1.165, 1.54) is 18.2 Å². The monoisotopic (exact) mass is 381 g/mol. The van der Waals surface area contributed by atoms with E-state index in [0.29, 0.717) is 11.1 Å². The van der Waals surface area contributed by atoms with Crippen LogP contribution >= 0.6 is 11.6 Å². The molecular formula is C18H20ClNO4S. The summed E-state index contributed by atoms with van der Waals surface area (Å²) >= 11 is 6.00. The van der Waals surface area contributed by atoms with E-state index in [9.17, 15) is 13.2 Å². The zero-order chi connectivity index (χ0) is 18.8. The summed E-state index contributed by atoms with van der Waals surface area (Å²) in [5.41, 5.74) is 2.66. The first-order valence-corrected chi connectivity index (χ1v) is 9.59. The Morgan fingerprint density at radius 3 is 2.28 bits per heavy atom. The number of hydrogen-bond donors (Lipinski definition) is 1. The first kappa shape index (κ1) is 19.3. The highest BCUT2D eigenvalue weighted by molar-refractivity contribution is 7.92. The normalized spacial score (nSPS) is 11.2. The molecule has 2 aromatic carbocycles. The summed E-state index contributed by atoms with van der Waals surface area (Å²) < 4.78 is 33.0. The number of rotatable bonds is 5. The molecule has 0 aliphatic heterocycles. The largest absolute Gasteiger partial charge is 0.462 e. The fraction of sp³-hybridized carbons (Fsp3) is 0.278. The molecule has 0 aromatic heterocycles. The van der Waals surface area contributed by atoms with Gasteiger partial charge in [0.05, 0.1) is 22.1 Å². The Labute approximate surface area is 153 Å². The third-order valence-corrected chi connectivity index (χ3v) is 5.60. The Morgan fingerprint density at radius 1 is 1.12 bits per heavy atom.